The van der Waals surface area contributed by atoms with Crippen molar-refractivity contribution in [2.24, 2.45) is 0 Å². The lowest BCUT2D eigenvalue weighted by Crippen LogP contribution is -2.32. The summed E-state index contributed by atoms with van der Waals surface area (Å²) < 4.78 is 7.20. The van der Waals surface area contributed by atoms with Gasteiger partial charge in [-0.2, -0.15) is 0 Å². The number of ether oxygens (including phenoxy) is 1. The number of nitrogens with zero attached hydrogens (tertiary/aromatic N) is 1. The van der Waals surface area contributed by atoms with Crippen LogP contribution in [0.2, 0.25) is 0 Å². The number of fused-ring (bicyclic) bond motifs is 1. The lowest BCUT2D eigenvalue weighted by atomic mass is 10.0. The highest BCUT2D eigenvalue weighted by Gasteiger charge is 2.18. The minimum absolute atomic E-state index is 0.0845. The fraction of sp³-hybridized carbons (Fsp3) is 0.615. The van der Waals surface area contributed by atoms with Crippen LogP contribution < -0.4 is 5.32 Å². The van der Waals surface area contributed by atoms with Gasteiger partial charge in [0.1, 0.15) is 0 Å². The van der Waals surface area contributed by atoms with Gasteiger partial charge >= 0.3 is 5.97 Å². The monoisotopic (exact) mass is 236 g/mol. The Morgan fingerprint density at radius 3 is 3.35 bits per heavy atom. The molecule has 1 aromatic rings. The summed E-state index contributed by atoms with van der Waals surface area (Å²) in [4.78, 5) is 11.2. The van der Waals surface area contributed by atoms with Crippen LogP contribution in [-0.2, 0) is 16.1 Å². The highest BCUT2D eigenvalue weighted by Crippen LogP contribution is 2.22. The van der Waals surface area contributed by atoms with Crippen LogP contribution >= 0.6 is 0 Å². The van der Waals surface area contributed by atoms with Gasteiger partial charge in [-0.1, -0.05) is 0 Å². The summed E-state index contributed by atoms with van der Waals surface area (Å²) >= 11 is 0. The molecule has 1 atom stereocenters. The maximum absolute atomic E-state index is 11.2. The Bertz CT molecular complexity index is 373. The largest absolute Gasteiger partial charge is 0.466 e. The van der Waals surface area contributed by atoms with Crippen LogP contribution in [0.25, 0.3) is 0 Å². The van der Waals surface area contributed by atoms with Crippen molar-refractivity contribution < 1.29 is 9.53 Å². The molecule has 1 aliphatic rings. The van der Waals surface area contributed by atoms with Crippen molar-refractivity contribution in [3.05, 3.63) is 24.0 Å². The molecule has 0 aromatic carbocycles. The first-order valence-corrected chi connectivity index (χ1v) is 6.35. The average molecular weight is 236 g/mol. The highest BCUT2D eigenvalue weighted by molar-refractivity contribution is 5.69. The fourth-order valence-corrected chi connectivity index (χ4v) is 2.34. The molecule has 0 saturated carbocycles. The molecular weight excluding hydrogens is 216 g/mol. The van der Waals surface area contributed by atoms with Crippen LogP contribution in [0.5, 0.6) is 0 Å². The predicted octanol–water partition coefficient (Wildman–Crippen LogP) is 1.87. The summed E-state index contributed by atoms with van der Waals surface area (Å²) in [5.74, 6) is -0.0845. The summed E-state index contributed by atoms with van der Waals surface area (Å²) in [6.45, 7) is 4.36. The first kappa shape index (κ1) is 12.2. The van der Waals surface area contributed by atoms with Crippen LogP contribution in [0.3, 0.4) is 0 Å². The number of carbonyl (C=O) groups is 1. The molecule has 17 heavy (non-hydrogen) atoms. The van der Waals surface area contributed by atoms with Gasteiger partial charge in [0.05, 0.1) is 6.61 Å². The fourth-order valence-electron chi connectivity index (χ4n) is 2.34. The van der Waals surface area contributed by atoms with Crippen molar-refractivity contribution in [2.45, 2.75) is 38.8 Å². The quantitative estimate of drug-likeness (QED) is 0.794. The normalized spacial score (nSPS) is 18.8. The minimum atomic E-state index is -0.0845. The van der Waals surface area contributed by atoms with Crippen LogP contribution in [-0.4, -0.2) is 23.7 Å². The summed E-state index contributed by atoms with van der Waals surface area (Å²) in [7, 11) is 0. The van der Waals surface area contributed by atoms with Gasteiger partial charge in [0.25, 0.3) is 0 Å². The van der Waals surface area contributed by atoms with E-state index in [1.807, 2.05) is 6.92 Å². The Labute approximate surface area is 102 Å². The molecule has 1 unspecified atom stereocenters. The van der Waals surface area contributed by atoms with E-state index in [1.165, 1.54) is 5.69 Å². The maximum atomic E-state index is 11.2. The molecule has 4 heteroatoms. The van der Waals surface area contributed by atoms with E-state index in [0.717, 1.165) is 25.9 Å². The van der Waals surface area contributed by atoms with E-state index < -0.39 is 0 Å². The number of carbonyl (C=O) groups excluding carboxylic acids is 1. The Morgan fingerprint density at radius 1 is 1.65 bits per heavy atom. The minimum Gasteiger partial charge on any atom is -0.466 e. The first-order chi connectivity index (χ1) is 8.31. The van der Waals surface area contributed by atoms with Crippen LogP contribution in [0.1, 0.15) is 37.9 Å². The van der Waals surface area contributed by atoms with Crippen molar-refractivity contribution in [3.8, 4) is 0 Å². The van der Waals surface area contributed by atoms with E-state index in [9.17, 15) is 4.79 Å². The number of esters is 1. The van der Waals surface area contributed by atoms with Crippen LogP contribution in [0, 0.1) is 0 Å². The second-order valence-electron chi connectivity index (χ2n) is 4.33. The molecule has 0 amide bonds. The zero-order valence-corrected chi connectivity index (χ0v) is 10.3. The summed E-state index contributed by atoms with van der Waals surface area (Å²) in [6, 6.07) is 4.62. The Kier molecular flexibility index (Phi) is 4.20. The van der Waals surface area contributed by atoms with Gasteiger partial charge in [-0.25, -0.2) is 0 Å². The number of rotatable bonds is 5. The first-order valence-electron chi connectivity index (χ1n) is 6.35. The van der Waals surface area contributed by atoms with Gasteiger partial charge in [0, 0.05) is 37.4 Å². The maximum Gasteiger partial charge on any atom is 0.305 e. The van der Waals surface area contributed by atoms with Crippen molar-refractivity contribution >= 4 is 5.97 Å². The second kappa shape index (κ2) is 5.87. The predicted molar refractivity (Wildman–Crippen MR) is 65.7 cm³/mol. The smallest absolute Gasteiger partial charge is 0.305 e. The van der Waals surface area contributed by atoms with Gasteiger partial charge in [-0.3, -0.25) is 4.79 Å². The Morgan fingerprint density at radius 2 is 2.53 bits per heavy atom. The topological polar surface area (TPSA) is 43.3 Å². The van der Waals surface area contributed by atoms with Crippen molar-refractivity contribution in [1.29, 1.82) is 0 Å². The van der Waals surface area contributed by atoms with E-state index in [0.29, 0.717) is 19.1 Å². The zero-order chi connectivity index (χ0) is 12.1. The van der Waals surface area contributed by atoms with Gasteiger partial charge in [-0.15, -0.1) is 0 Å². The van der Waals surface area contributed by atoms with Crippen molar-refractivity contribution in [2.75, 3.05) is 13.2 Å². The van der Waals surface area contributed by atoms with Gasteiger partial charge in [-0.05, 0) is 31.9 Å². The lowest BCUT2D eigenvalue weighted by Gasteiger charge is -2.26. The molecule has 1 aromatic heterocycles. The molecule has 0 aliphatic carbocycles. The second-order valence-corrected chi connectivity index (χ2v) is 4.33. The number of hydrogen-bond donors (Lipinski definition) is 1. The molecule has 0 radical (unpaired) electrons. The molecule has 1 N–H and O–H groups in total. The molecule has 2 rings (SSSR count). The third-order valence-corrected chi connectivity index (χ3v) is 3.14. The Hall–Kier alpha value is -1.29. The number of nitrogens with one attached hydrogen (secondary N) is 1. The molecule has 0 spiro atoms. The Balaban J connectivity index is 1.79. The average Bonchev–Trinajstić information content (AvgIpc) is 2.78. The molecule has 0 saturated heterocycles. The van der Waals surface area contributed by atoms with Gasteiger partial charge < -0.3 is 14.6 Å². The summed E-state index contributed by atoms with van der Waals surface area (Å²) in [6.07, 6.45) is 4.51. The summed E-state index contributed by atoms with van der Waals surface area (Å²) in [5.41, 5.74) is 1.33. The molecule has 4 nitrogen and oxygen atoms in total. The SMILES string of the molecule is CCOC(=O)CCCC1NCCn2cccc21. The van der Waals surface area contributed by atoms with E-state index in [2.05, 4.69) is 28.2 Å². The van der Waals surface area contributed by atoms with Gasteiger partial charge in [0.15, 0.2) is 0 Å². The molecule has 94 valence electrons. The van der Waals surface area contributed by atoms with E-state index in [1.54, 1.807) is 0 Å². The highest BCUT2D eigenvalue weighted by atomic mass is 16.5. The standard InChI is InChI=1S/C13H20N2O2/c1-2-17-13(16)7-3-5-11-12-6-4-9-15(12)10-8-14-11/h4,6,9,11,14H,2-3,5,7-8,10H2,1H3. The number of aromatic nitrogens is 1. The third kappa shape index (κ3) is 3.09. The molecule has 0 fully saturated rings. The number of hydrogen-bond acceptors (Lipinski definition) is 3. The molecule has 2 heterocycles. The van der Waals surface area contributed by atoms with Crippen molar-refractivity contribution in [3.63, 3.8) is 0 Å². The van der Waals surface area contributed by atoms with E-state index in [4.69, 9.17) is 4.74 Å². The molecule has 1 aliphatic heterocycles. The zero-order valence-electron chi connectivity index (χ0n) is 10.3. The molecular formula is C13H20N2O2. The molecule has 0 bridgehead atoms. The van der Waals surface area contributed by atoms with Crippen molar-refractivity contribution in [1.82, 2.24) is 9.88 Å². The van der Waals surface area contributed by atoms with Gasteiger partial charge in [0.2, 0.25) is 0 Å². The summed E-state index contributed by atoms with van der Waals surface area (Å²) in [5, 5.41) is 3.49. The van der Waals surface area contributed by atoms with E-state index >= 15 is 0 Å². The van der Waals surface area contributed by atoms with E-state index in [-0.39, 0.29) is 5.97 Å². The van der Waals surface area contributed by atoms with Crippen LogP contribution in [0.4, 0.5) is 0 Å². The third-order valence-electron chi connectivity index (χ3n) is 3.14. The lowest BCUT2D eigenvalue weighted by molar-refractivity contribution is -0.143. The van der Waals surface area contributed by atoms with Crippen LogP contribution in [0.15, 0.2) is 18.3 Å².